The molecule has 0 aliphatic heterocycles. The number of hydrogen-bond acceptors (Lipinski definition) is 1. The van der Waals surface area contributed by atoms with Crippen molar-refractivity contribution in [1.82, 2.24) is 0 Å². The molecule has 0 unspecified atom stereocenters. The van der Waals surface area contributed by atoms with Crippen LogP contribution in [0.15, 0.2) is 48.6 Å². The molecule has 1 nitrogen and oxygen atoms in total. The SMILES string of the molecule is CC/C=C/COCc1ccc(C2CCC(/C=C/CCC)CC2)cc1. The highest BCUT2D eigenvalue weighted by molar-refractivity contribution is 5.25. The summed E-state index contributed by atoms with van der Waals surface area (Å²) in [5, 5.41) is 0. The Morgan fingerprint density at radius 1 is 0.958 bits per heavy atom. The quantitative estimate of drug-likeness (QED) is 0.358. The molecule has 1 aromatic carbocycles. The molecule has 0 heterocycles. The van der Waals surface area contributed by atoms with E-state index < -0.39 is 0 Å². The second-order valence-corrected chi connectivity index (χ2v) is 6.96. The van der Waals surface area contributed by atoms with E-state index >= 15 is 0 Å². The van der Waals surface area contributed by atoms with E-state index in [4.69, 9.17) is 4.74 Å². The number of ether oxygens (including phenoxy) is 1. The molecule has 0 radical (unpaired) electrons. The van der Waals surface area contributed by atoms with Crippen molar-refractivity contribution in [2.75, 3.05) is 6.61 Å². The summed E-state index contributed by atoms with van der Waals surface area (Å²) in [6, 6.07) is 9.12. The second-order valence-electron chi connectivity index (χ2n) is 6.96. The predicted molar refractivity (Wildman–Crippen MR) is 104 cm³/mol. The Balaban J connectivity index is 1.74. The van der Waals surface area contributed by atoms with Crippen LogP contribution in [0.4, 0.5) is 0 Å². The fourth-order valence-electron chi connectivity index (χ4n) is 3.47. The van der Waals surface area contributed by atoms with Gasteiger partial charge in [-0.3, -0.25) is 0 Å². The summed E-state index contributed by atoms with van der Waals surface area (Å²) in [5.74, 6) is 1.57. The molecule has 2 rings (SSSR count). The first kappa shape index (κ1) is 19.0. The second kappa shape index (κ2) is 11.3. The highest BCUT2D eigenvalue weighted by atomic mass is 16.5. The third-order valence-electron chi connectivity index (χ3n) is 4.97. The van der Waals surface area contributed by atoms with Crippen molar-refractivity contribution in [2.45, 2.75) is 71.3 Å². The van der Waals surface area contributed by atoms with E-state index in [2.05, 4.69) is 62.4 Å². The van der Waals surface area contributed by atoms with Gasteiger partial charge in [0.05, 0.1) is 13.2 Å². The van der Waals surface area contributed by atoms with Crippen molar-refractivity contribution < 1.29 is 4.74 Å². The van der Waals surface area contributed by atoms with E-state index in [1.165, 1.54) is 49.7 Å². The largest absolute Gasteiger partial charge is 0.373 e. The van der Waals surface area contributed by atoms with E-state index in [1.807, 2.05) is 0 Å². The van der Waals surface area contributed by atoms with Gasteiger partial charge in [-0.15, -0.1) is 0 Å². The van der Waals surface area contributed by atoms with Gasteiger partial charge in [-0.05, 0) is 61.5 Å². The summed E-state index contributed by atoms with van der Waals surface area (Å²) in [6.07, 6.45) is 18.0. The van der Waals surface area contributed by atoms with E-state index in [0.29, 0.717) is 13.2 Å². The molecule has 0 N–H and O–H groups in total. The van der Waals surface area contributed by atoms with Gasteiger partial charge in [0, 0.05) is 0 Å². The van der Waals surface area contributed by atoms with Crippen molar-refractivity contribution in [1.29, 1.82) is 0 Å². The molecule has 1 aromatic rings. The third-order valence-corrected chi connectivity index (χ3v) is 4.97. The molecule has 132 valence electrons. The first-order valence-corrected chi connectivity index (χ1v) is 9.81. The van der Waals surface area contributed by atoms with Gasteiger partial charge in [0.25, 0.3) is 0 Å². The fraction of sp³-hybridized carbons (Fsp3) is 0.565. The standard InChI is InChI=1S/C23H34O/c1-3-5-7-9-20-10-14-22(15-11-20)23-16-12-21(13-17-23)19-24-18-8-6-4-2/h6-9,12-13,16-17,20,22H,3-5,10-11,14-15,18-19H2,1-2H3/b8-6+,9-7+. The zero-order valence-electron chi connectivity index (χ0n) is 15.5. The summed E-state index contributed by atoms with van der Waals surface area (Å²) >= 11 is 0. The number of hydrogen-bond donors (Lipinski definition) is 0. The lowest BCUT2D eigenvalue weighted by Crippen LogP contribution is -2.11. The van der Waals surface area contributed by atoms with E-state index in [-0.39, 0.29) is 0 Å². The van der Waals surface area contributed by atoms with Gasteiger partial charge in [-0.1, -0.05) is 68.8 Å². The highest BCUT2D eigenvalue weighted by Gasteiger charge is 2.20. The average molecular weight is 327 g/mol. The molecule has 1 heteroatoms. The monoisotopic (exact) mass is 326 g/mol. The number of allylic oxidation sites excluding steroid dienone is 3. The molecule has 1 aliphatic carbocycles. The van der Waals surface area contributed by atoms with Crippen molar-refractivity contribution >= 4 is 0 Å². The van der Waals surface area contributed by atoms with Gasteiger partial charge in [-0.2, -0.15) is 0 Å². The number of benzene rings is 1. The van der Waals surface area contributed by atoms with Crippen LogP contribution in [0.5, 0.6) is 0 Å². The Morgan fingerprint density at radius 3 is 2.38 bits per heavy atom. The fourth-order valence-corrected chi connectivity index (χ4v) is 3.47. The lowest BCUT2D eigenvalue weighted by Gasteiger charge is -2.27. The van der Waals surface area contributed by atoms with Crippen LogP contribution in [-0.2, 0) is 11.3 Å². The van der Waals surface area contributed by atoms with E-state index in [0.717, 1.165) is 18.3 Å². The smallest absolute Gasteiger partial charge is 0.0721 e. The van der Waals surface area contributed by atoms with E-state index in [9.17, 15) is 0 Å². The molecule has 1 saturated carbocycles. The van der Waals surface area contributed by atoms with Crippen LogP contribution >= 0.6 is 0 Å². The van der Waals surface area contributed by atoms with Gasteiger partial charge < -0.3 is 4.74 Å². The van der Waals surface area contributed by atoms with Crippen LogP contribution in [0.2, 0.25) is 0 Å². The van der Waals surface area contributed by atoms with Gasteiger partial charge in [0.15, 0.2) is 0 Å². The van der Waals surface area contributed by atoms with Crippen molar-refractivity contribution in [3.63, 3.8) is 0 Å². The molecule has 0 atom stereocenters. The van der Waals surface area contributed by atoms with Gasteiger partial charge >= 0.3 is 0 Å². The molecule has 1 fully saturated rings. The zero-order valence-corrected chi connectivity index (χ0v) is 15.5. The molecular weight excluding hydrogens is 292 g/mol. The Kier molecular flexibility index (Phi) is 8.91. The van der Waals surface area contributed by atoms with Gasteiger partial charge in [0.2, 0.25) is 0 Å². The molecule has 0 bridgehead atoms. The Morgan fingerprint density at radius 2 is 1.71 bits per heavy atom. The first-order chi connectivity index (χ1) is 11.8. The Hall–Kier alpha value is -1.34. The maximum Gasteiger partial charge on any atom is 0.0721 e. The lowest BCUT2D eigenvalue weighted by molar-refractivity contribution is 0.148. The minimum atomic E-state index is 0.712. The van der Waals surface area contributed by atoms with Gasteiger partial charge in [0.1, 0.15) is 0 Å². The minimum absolute atomic E-state index is 0.712. The van der Waals surface area contributed by atoms with Crippen LogP contribution in [0.25, 0.3) is 0 Å². The minimum Gasteiger partial charge on any atom is -0.373 e. The molecule has 0 amide bonds. The zero-order chi connectivity index (χ0) is 17.0. The van der Waals surface area contributed by atoms with Crippen LogP contribution in [0.1, 0.15) is 75.8 Å². The number of rotatable bonds is 9. The van der Waals surface area contributed by atoms with Crippen LogP contribution in [0, 0.1) is 5.92 Å². The maximum absolute atomic E-state index is 5.67. The molecular formula is C23H34O. The summed E-state index contributed by atoms with van der Waals surface area (Å²) in [4.78, 5) is 0. The molecule has 0 aromatic heterocycles. The third kappa shape index (κ3) is 6.65. The Bertz CT molecular complexity index is 489. The summed E-state index contributed by atoms with van der Waals surface area (Å²) in [6.45, 7) is 5.82. The number of unbranched alkanes of at least 4 members (excludes halogenated alkanes) is 1. The molecule has 1 aliphatic rings. The van der Waals surface area contributed by atoms with Crippen molar-refractivity contribution in [3.8, 4) is 0 Å². The molecule has 0 spiro atoms. The van der Waals surface area contributed by atoms with Crippen molar-refractivity contribution in [3.05, 3.63) is 59.7 Å². The van der Waals surface area contributed by atoms with Gasteiger partial charge in [-0.25, -0.2) is 0 Å². The van der Waals surface area contributed by atoms with Crippen LogP contribution in [-0.4, -0.2) is 6.61 Å². The maximum atomic E-state index is 5.67. The van der Waals surface area contributed by atoms with Crippen LogP contribution in [0.3, 0.4) is 0 Å². The normalized spacial score (nSPS) is 21.8. The average Bonchev–Trinajstić information content (AvgIpc) is 2.63. The summed E-state index contributed by atoms with van der Waals surface area (Å²) < 4.78 is 5.67. The summed E-state index contributed by atoms with van der Waals surface area (Å²) in [7, 11) is 0. The van der Waals surface area contributed by atoms with Crippen molar-refractivity contribution in [2.24, 2.45) is 5.92 Å². The molecule has 0 saturated heterocycles. The highest BCUT2D eigenvalue weighted by Crippen LogP contribution is 2.36. The Labute approximate surface area is 148 Å². The lowest BCUT2D eigenvalue weighted by atomic mass is 9.78. The first-order valence-electron chi connectivity index (χ1n) is 9.81. The van der Waals surface area contributed by atoms with Crippen LogP contribution < -0.4 is 0 Å². The topological polar surface area (TPSA) is 9.23 Å². The predicted octanol–water partition coefficient (Wildman–Crippen LogP) is 6.80. The van der Waals surface area contributed by atoms with E-state index in [1.54, 1.807) is 0 Å². The summed E-state index contributed by atoms with van der Waals surface area (Å²) in [5.41, 5.74) is 2.79. The molecule has 24 heavy (non-hydrogen) atoms.